The van der Waals surface area contributed by atoms with Crippen molar-refractivity contribution in [3.63, 3.8) is 0 Å². The van der Waals surface area contributed by atoms with Gasteiger partial charge in [-0.15, -0.1) is 0 Å². The molecular formula is C17H18N2O. The summed E-state index contributed by atoms with van der Waals surface area (Å²) in [5, 5.41) is 3.31. The van der Waals surface area contributed by atoms with Crippen molar-refractivity contribution in [1.82, 2.24) is 4.90 Å². The Hall–Kier alpha value is -2.29. The summed E-state index contributed by atoms with van der Waals surface area (Å²) in [6, 6.07) is 16.0. The topological polar surface area (TPSA) is 32.3 Å². The molecule has 0 aromatic heterocycles. The highest BCUT2D eigenvalue weighted by molar-refractivity contribution is 5.95. The minimum atomic E-state index is 0.0605. The van der Waals surface area contributed by atoms with Gasteiger partial charge in [0.05, 0.1) is 0 Å². The van der Waals surface area contributed by atoms with Gasteiger partial charge in [-0.2, -0.15) is 0 Å². The fourth-order valence-corrected chi connectivity index (χ4v) is 2.57. The van der Waals surface area contributed by atoms with Crippen LogP contribution in [0.3, 0.4) is 0 Å². The summed E-state index contributed by atoms with van der Waals surface area (Å²) >= 11 is 0. The van der Waals surface area contributed by atoms with Gasteiger partial charge in [0, 0.05) is 31.4 Å². The molecule has 0 saturated heterocycles. The third-order valence-electron chi connectivity index (χ3n) is 3.68. The van der Waals surface area contributed by atoms with Gasteiger partial charge in [0.25, 0.3) is 5.91 Å². The van der Waals surface area contributed by atoms with E-state index >= 15 is 0 Å². The molecule has 1 heterocycles. The number of benzene rings is 2. The maximum absolute atomic E-state index is 12.4. The Bertz CT molecular complexity index is 622. The van der Waals surface area contributed by atoms with Crippen molar-refractivity contribution >= 4 is 11.6 Å². The van der Waals surface area contributed by atoms with Crippen molar-refractivity contribution in [2.24, 2.45) is 0 Å². The molecule has 1 aliphatic heterocycles. The predicted molar refractivity (Wildman–Crippen MR) is 80.9 cm³/mol. The van der Waals surface area contributed by atoms with Crippen molar-refractivity contribution in [1.29, 1.82) is 0 Å². The van der Waals surface area contributed by atoms with Crippen LogP contribution in [0, 0.1) is 0 Å². The number of hydrogen-bond donors (Lipinski definition) is 1. The number of nitrogens with zero attached hydrogens (tertiary/aromatic N) is 1. The van der Waals surface area contributed by atoms with Gasteiger partial charge in [0.2, 0.25) is 0 Å². The summed E-state index contributed by atoms with van der Waals surface area (Å²) in [5.41, 5.74) is 4.29. The monoisotopic (exact) mass is 266 g/mol. The maximum Gasteiger partial charge on any atom is 0.253 e. The van der Waals surface area contributed by atoms with Crippen LogP contribution in [0.2, 0.25) is 0 Å². The van der Waals surface area contributed by atoms with Crippen molar-refractivity contribution in [3.05, 3.63) is 65.2 Å². The highest BCUT2D eigenvalue weighted by Gasteiger charge is 2.16. The fraction of sp³-hybridized carbons (Fsp3) is 0.235. The Morgan fingerprint density at radius 3 is 2.80 bits per heavy atom. The molecule has 3 nitrogen and oxygen atoms in total. The van der Waals surface area contributed by atoms with Crippen molar-refractivity contribution in [2.45, 2.75) is 13.0 Å². The molecule has 3 heteroatoms. The predicted octanol–water partition coefficient (Wildman–Crippen LogP) is 2.93. The normalized spacial score (nSPS) is 12.7. The lowest BCUT2D eigenvalue weighted by molar-refractivity contribution is 0.0785. The van der Waals surface area contributed by atoms with E-state index < -0.39 is 0 Å². The number of hydrogen-bond acceptors (Lipinski definition) is 2. The first-order chi connectivity index (χ1) is 9.74. The summed E-state index contributed by atoms with van der Waals surface area (Å²) in [5.74, 6) is 0.0605. The Balaban J connectivity index is 1.75. The quantitative estimate of drug-likeness (QED) is 0.926. The van der Waals surface area contributed by atoms with Crippen LogP contribution in [0.5, 0.6) is 0 Å². The van der Waals surface area contributed by atoms with E-state index in [1.807, 2.05) is 49.5 Å². The van der Waals surface area contributed by atoms with Crippen LogP contribution in [0.1, 0.15) is 21.5 Å². The Morgan fingerprint density at radius 1 is 1.20 bits per heavy atom. The lowest BCUT2D eigenvalue weighted by Gasteiger charge is -2.18. The molecule has 0 bridgehead atoms. The first kappa shape index (κ1) is 12.7. The van der Waals surface area contributed by atoms with E-state index in [4.69, 9.17) is 0 Å². The van der Waals surface area contributed by atoms with E-state index in [0.717, 1.165) is 29.8 Å². The van der Waals surface area contributed by atoms with E-state index in [9.17, 15) is 4.79 Å². The van der Waals surface area contributed by atoms with E-state index in [1.54, 1.807) is 4.90 Å². The molecule has 1 amide bonds. The zero-order chi connectivity index (χ0) is 13.9. The number of fused-ring (bicyclic) bond motifs is 1. The van der Waals surface area contributed by atoms with Gasteiger partial charge in [-0.1, -0.05) is 36.4 Å². The summed E-state index contributed by atoms with van der Waals surface area (Å²) in [6.45, 7) is 1.59. The number of rotatable bonds is 3. The van der Waals surface area contributed by atoms with Gasteiger partial charge in [-0.05, 0) is 29.7 Å². The minimum Gasteiger partial charge on any atom is -0.384 e. The lowest BCUT2D eigenvalue weighted by Crippen LogP contribution is -2.26. The summed E-state index contributed by atoms with van der Waals surface area (Å²) < 4.78 is 0. The molecule has 1 N–H and O–H groups in total. The van der Waals surface area contributed by atoms with Crippen LogP contribution >= 0.6 is 0 Å². The number of amides is 1. The fourth-order valence-electron chi connectivity index (χ4n) is 2.57. The average Bonchev–Trinajstić information content (AvgIpc) is 2.94. The second-order valence-electron chi connectivity index (χ2n) is 5.20. The molecule has 1 aliphatic rings. The Kier molecular flexibility index (Phi) is 3.42. The molecule has 0 atom stereocenters. The second-order valence-corrected chi connectivity index (χ2v) is 5.20. The van der Waals surface area contributed by atoms with Crippen molar-refractivity contribution in [2.75, 3.05) is 18.9 Å². The lowest BCUT2D eigenvalue weighted by atomic mass is 10.1. The molecule has 20 heavy (non-hydrogen) atoms. The SMILES string of the molecule is CN(Cc1ccccc1)C(=O)c1ccc2c(c1)NCC2. The van der Waals surface area contributed by atoms with E-state index in [0.29, 0.717) is 6.54 Å². The summed E-state index contributed by atoms with van der Waals surface area (Å²) in [6.07, 6.45) is 1.05. The molecule has 0 aliphatic carbocycles. The maximum atomic E-state index is 12.4. The zero-order valence-corrected chi connectivity index (χ0v) is 11.6. The number of anilines is 1. The van der Waals surface area contributed by atoms with Crippen molar-refractivity contribution in [3.8, 4) is 0 Å². The molecule has 0 radical (unpaired) electrons. The van der Waals surface area contributed by atoms with Crippen LogP contribution in [0.25, 0.3) is 0 Å². The molecule has 0 saturated carbocycles. The average molecular weight is 266 g/mol. The van der Waals surface area contributed by atoms with Gasteiger partial charge in [0.15, 0.2) is 0 Å². The summed E-state index contributed by atoms with van der Waals surface area (Å²) in [7, 11) is 1.84. The molecule has 0 spiro atoms. The van der Waals surface area contributed by atoms with Crippen LogP contribution < -0.4 is 5.32 Å². The van der Waals surface area contributed by atoms with Crippen LogP contribution in [0.4, 0.5) is 5.69 Å². The van der Waals surface area contributed by atoms with Crippen LogP contribution in [-0.2, 0) is 13.0 Å². The van der Waals surface area contributed by atoms with Gasteiger partial charge in [0.1, 0.15) is 0 Å². The highest BCUT2D eigenvalue weighted by Crippen LogP contribution is 2.23. The Labute approximate surface area is 119 Å². The van der Waals surface area contributed by atoms with Gasteiger partial charge < -0.3 is 10.2 Å². The number of carbonyl (C=O) groups is 1. The Morgan fingerprint density at radius 2 is 2.00 bits per heavy atom. The molecule has 2 aromatic carbocycles. The molecule has 3 rings (SSSR count). The first-order valence-corrected chi connectivity index (χ1v) is 6.90. The van der Waals surface area contributed by atoms with E-state index in [1.165, 1.54) is 5.56 Å². The van der Waals surface area contributed by atoms with Crippen LogP contribution in [0.15, 0.2) is 48.5 Å². The second kappa shape index (κ2) is 5.37. The third kappa shape index (κ3) is 2.52. The summed E-state index contributed by atoms with van der Waals surface area (Å²) in [4.78, 5) is 14.2. The van der Waals surface area contributed by atoms with E-state index in [2.05, 4.69) is 11.4 Å². The zero-order valence-electron chi connectivity index (χ0n) is 11.6. The largest absolute Gasteiger partial charge is 0.384 e. The number of nitrogens with one attached hydrogen (secondary N) is 1. The molecule has 0 fully saturated rings. The van der Waals surface area contributed by atoms with Gasteiger partial charge in [-0.3, -0.25) is 4.79 Å². The van der Waals surface area contributed by atoms with Gasteiger partial charge >= 0.3 is 0 Å². The number of carbonyl (C=O) groups excluding carboxylic acids is 1. The van der Waals surface area contributed by atoms with Crippen LogP contribution in [-0.4, -0.2) is 24.4 Å². The van der Waals surface area contributed by atoms with E-state index in [-0.39, 0.29) is 5.91 Å². The first-order valence-electron chi connectivity index (χ1n) is 6.90. The standard InChI is InChI=1S/C17H18N2O/c1-19(12-13-5-3-2-4-6-13)17(20)15-8-7-14-9-10-18-16(14)11-15/h2-8,11,18H,9-10,12H2,1H3. The van der Waals surface area contributed by atoms with Crippen molar-refractivity contribution < 1.29 is 4.79 Å². The molecular weight excluding hydrogens is 248 g/mol. The third-order valence-corrected chi connectivity index (χ3v) is 3.68. The highest BCUT2D eigenvalue weighted by atomic mass is 16.2. The molecule has 0 unspecified atom stereocenters. The molecule has 2 aromatic rings. The van der Waals surface area contributed by atoms with Gasteiger partial charge in [-0.25, -0.2) is 0 Å². The molecule has 102 valence electrons. The smallest absolute Gasteiger partial charge is 0.253 e. The minimum absolute atomic E-state index is 0.0605.